The molecule has 0 radical (unpaired) electrons. The molecule has 0 aliphatic rings. The maximum absolute atomic E-state index is 5.26. The van der Waals surface area contributed by atoms with Crippen LogP contribution in [0.1, 0.15) is 43.1 Å². The van der Waals surface area contributed by atoms with Gasteiger partial charge in [0.15, 0.2) is 0 Å². The Morgan fingerprint density at radius 1 is 0.519 bits per heavy atom. The van der Waals surface area contributed by atoms with Gasteiger partial charge in [-0.2, -0.15) is 0 Å². The highest BCUT2D eigenvalue weighted by Crippen LogP contribution is 2.47. The standard InChI is InChI=1S/C22H24N2OS2/c1-9-13(5)21(26-15(9)7)17-11(3)12(4)18(20-19(17)23-25-24-20)22-14(6)10(2)16(8)27-22/h1-8H3. The second kappa shape index (κ2) is 6.28. The molecular formula is C22H24N2OS2. The number of nitrogens with zero attached hydrogens (tertiary/aromatic N) is 2. The molecule has 27 heavy (non-hydrogen) atoms. The SMILES string of the molecule is Cc1sc(-c2c(C)c(C)c(-c3sc(C)c(C)c3C)c3nonc23)c(C)c1C. The van der Waals surface area contributed by atoms with E-state index in [0.717, 1.165) is 11.0 Å². The first-order valence-electron chi connectivity index (χ1n) is 9.13. The van der Waals surface area contributed by atoms with E-state index in [1.807, 2.05) is 22.7 Å². The van der Waals surface area contributed by atoms with E-state index in [9.17, 15) is 0 Å². The predicted molar refractivity (Wildman–Crippen MR) is 116 cm³/mol. The molecular weight excluding hydrogens is 372 g/mol. The molecule has 0 saturated carbocycles. The third kappa shape index (κ3) is 2.52. The van der Waals surface area contributed by atoms with Gasteiger partial charge in [-0.05, 0) is 99.1 Å². The smallest absolute Gasteiger partial charge is 0.144 e. The van der Waals surface area contributed by atoms with E-state index in [4.69, 9.17) is 4.63 Å². The van der Waals surface area contributed by atoms with Gasteiger partial charge in [0.05, 0.1) is 0 Å². The van der Waals surface area contributed by atoms with Crippen molar-refractivity contribution in [3.8, 4) is 20.9 Å². The van der Waals surface area contributed by atoms with Crippen LogP contribution in [0.4, 0.5) is 0 Å². The summed E-state index contributed by atoms with van der Waals surface area (Å²) in [6.07, 6.45) is 0. The first-order valence-corrected chi connectivity index (χ1v) is 10.8. The first-order chi connectivity index (χ1) is 12.7. The number of rotatable bonds is 2. The first kappa shape index (κ1) is 18.4. The summed E-state index contributed by atoms with van der Waals surface area (Å²) in [5.41, 5.74) is 12.0. The van der Waals surface area contributed by atoms with Gasteiger partial charge in [0.25, 0.3) is 0 Å². The van der Waals surface area contributed by atoms with E-state index < -0.39 is 0 Å². The van der Waals surface area contributed by atoms with E-state index in [1.165, 1.54) is 64.0 Å². The highest BCUT2D eigenvalue weighted by Gasteiger charge is 2.25. The molecule has 5 heteroatoms. The zero-order chi connectivity index (χ0) is 19.6. The molecule has 3 nitrogen and oxygen atoms in total. The Kier molecular flexibility index (Phi) is 4.28. The van der Waals surface area contributed by atoms with Gasteiger partial charge in [-0.1, -0.05) is 0 Å². The quantitative estimate of drug-likeness (QED) is 0.361. The number of fused-ring (bicyclic) bond motifs is 1. The van der Waals surface area contributed by atoms with Crippen LogP contribution >= 0.6 is 22.7 Å². The van der Waals surface area contributed by atoms with Crippen LogP contribution in [-0.2, 0) is 0 Å². The van der Waals surface area contributed by atoms with Crippen molar-refractivity contribution in [2.24, 2.45) is 0 Å². The molecule has 4 rings (SSSR count). The number of thiophene rings is 2. The lowest BCUT2D eigenvalue weighted by atomic mass is 9.91. The minimum Gasteiger partial charge on any atom is -0.243 e. The summed E-state index contributed by atoms with van der Waals surface area (Å²) in [7, 11) is 0. The molecule has 0 N–H and O–H groups in total. The Morgan fingerprint density at radius 2 is 0.889 bits per heavy atom. The average molecular weight is 397 g/mol. The Labute approximate surface area is 168 Å². The summed E-state index contributed by atoms with van der Waals surface area (Å²) in [6.45, 7) is 17.6. The second-order valence-electron chi connectivity index (χ2n) is 7.44. The topological polar surface area (TPSA) is 38.9 Å². The van der Waals surface area contributed by atoms with E-state index >= 15 is 0 Å². The van der Waals surface area contributed by atoms with Gasteiger partial charge in [-0.25, -0.2) is 4.63 Å². The lowest BCUT2D eigenvalue weighted by molar-refractivity contribution is 0.315. The maximum Gasteiger partial charge on any atom is 0.144 e. The average Bonchev–Trinajstić information content (AvgIpc) is 3.27. The zero-order valence-corrected chi connectivity index (χ0v) is 18.8. The lowest BCUT2D eigenvalue weighted by Crippen LogP contribution is -1.95. The molecule has 0 unspecified atom stereocenters. The van der Waals surface area contributed by atoms with Crippen molar-refractivity contribution in [1.82, 2.24) is 10.3 Å². The van der Waals surface area contributed by atoms with Crippen molar-refractivity contribution in [2.75, 3.05) is 0 Å². The van der Waals surface area contributed by atoms with Gasteiger partial charge < -0.3 is 0 Å². The van der Waals surface area contributed by atoms with Gasteiger partial charge in [0.2, 0.25) is 0 Å². The van der Waals surface area contributed by atoms with Crippen molar-refractivity contribution < 1.29 is 4.63 Å². The summed E-state index contributed by atoms with van der Waals surface area (Å²) in [4.78, 5) is 5.28. The van der Waals surface area contributed by atoms with Crippen LogP contribution in [0.25, 0.3) is 31.9 Å². The maximum atomic E-state index is 5.26. The molecule has 0 amide bonds. The van der Waals surface area contributed by atoms with E-state index in [2.05, 4.69) is 65.7 Å². The molecule has 0 fully saturated rings. The fourth-order valence-electron chi connectivity index (χ4n) is 3.76. The van der Waals surface area contributed by atoms with Crippen molar-refractivity contribution >= 4 is 33.7 Å². The Hall–Kier alpha value is -1.98. The number of hydrogen-bond acceptors (Lipinski definition) is 5. The van der Waals surface area contributed by atoms with Gasteiger partial charge in [0.1, 0.15) is 11.0 Å². The zero-order valence-electron chi connectivity index (χ0n) is 17.1. The Morgan fingerprint density at radius 3 is 1.19 bits per heavy atom. The largest absolute Gasteiger partial charge is 0.243 e. The Balaban J connectivity index is 2.12. The molecule has 0 spiro atoms. The molecule has 0 aliphatic carbocycles. The van der Waals surface area contributed by atoms with E-state index in [-0.39, 0.29) is 0 Å². The lowest BCUT2D eigenvalue weighted by Gasteiger charge is -2.14. The minimum absolute atomic E-state index is 0.876. The van der Waals surface area contributed by atoms with E-state index in [1.54, 1.807) is 0 Å². The summed E-state index contributed by atoms with van der Waals surface area (Å²) < 4.78 is 5.26. The molecule has 4 aromatic rings. The van der Waals surface area contributed by atoms with Crippen LogP contribution in [0, 0.1) is 55.4 Å². The molecule has 0 aliphatic heterocycles. The van der Waals surface area contributed by atoms with Gasteiger partial charge in [0, 0.05) is 30.6 Å². The molecule has 140 valence electrons. The summed E-state index contributed by atoms with van der Waals surface area (Å²) in [6, 6.07) is 0. The fraction of sp³-hybridized carbons (Fsp3) is 0.364. The third-order valence-corrected chi connectivity index (χ3v) is 8.76. The van der Waals surface area contributed by atoms with Gasteiger partial charge in [-0.15, -0.1) is 22.7 Å². The minimum atomic E-state index is 0.876. The van der Waals surface area contributed by atoms with Crippen LogP contribution < -0.4 is 0 Å². The second-order valence-corrected chi connectivity index (χ2v) is 9.89. The van der Waals surface area contributed by atoms with Crippen LogP contribution in [0.3, 0.4) is 0 Å². The predicted octanol–water partition coefficient (Wildman–Crippen LogP) is 7.15. The number of benzene rings is 1. The molecule has 0 bridgehead atoms. The van der Waals surface area contributed by atoms with Gasteiger partial charge >= 0.3 is 0 Å². The fourth-order valence-corrected chi connectivity index (χ4v) is 6.30. The third-order valence-electron chi connectivity index (χ3n) is 6.10. The normalized spacial score (nSPS) is 11.7. The molecule has 3 aromatic heterocycles. The summed E-state index contributed by atoms with van der Waals surface area (Å²) >= 11 is 3.68. The van der Waals surface area contributed by atoms with Gasteiger partial charge in [-0.3, -0.25) is 0 Å². The van der Waals surface area contributed by atoms with Crippen LogP contribution in [0.2, 0.25) is 0 Å². The number of hydrogen-bond donors (Lipinski definition) is 0. The molecule has 0 atom stereocenters. The Bertz CT molecular complexity index is 1120. The number of aromatic nitrogens is 2. The highest BCUT2D eigenvalue weighted by atomic mass is 32.1. The molecule has 1 aromatic carbocycles. The highest BCUT2D eigenvalue weighted by molar-refractivity contribution is 7.16. The number of aryl methyl sites for hydroxylation is 2. The summed E-state index contributed by atoms with van der Waals surface area (Å²) in [5, 5.41) is 8.69. The van der Waals surface area contributed by atoms with E-state index in [0.29, 0.717) is 0 Å². The van der Waals surface area contributed by atoms with Crippen molar-refractivity contribution in [3.05, 3.63) is 43.1 Å². The van der Waals surface area contributed by atoms with Crippen LogP contribution in [-0.4, -0.2) is 10.3 Å². The van der Waals surface area contributed by atoms with Crippen molar-refractivity contribution in [2.45, 2.75) is 55.4 Å². The monoisotopic (exact) mass is 396 g/mol. The molecule has 0 saturated heterocycles. The van der Waals surface area contributed by atoms with Crippen LogP contribution in [0.15, 0.2) is 4.63 Å². The summed E-state index contributed by atoms with van der Waals surface area (Å²) in [5.74, 6) is 0. The molecule has 3 heterocycles. The van der Waals surface area contributed by atoms with Crippen LogP contribution in [0.5, 0.6) is 0 Å². The van der Waals surface area contributed by atoms with Crippen molar-refractivity contribution in [3.63, 3.8) is 0 Å². The van der Waals surface area contributed by atoms with Crippen molar-refractivity contribution in [1.29, 1.82) is 0 Å².